The summed E-state index contributed by atoms with van der Waals surface area (Å²) >= 11 is 0. The van der Waals surface area contributed by atoms with Crippen molar-refractivity contribution >= 4 is 0 Å². The molecule has 0 aliphatic heterocycles. The number of rotatable bonds is 6. The molecule has 0 spiro atoms. The van der Waals surface area contributed by atoms with E-state index < -0.39 is 0 Å². The predicted molar refractivity (Wildman–Crippen MR) is 67.4 cm³/mol. The van der Waals surface area contributed by atoms with Crippen molar-refractivity contribution in [2.24, 2.45) is 5.92 Å². The Labute approximate surface area is 98.5 Å². The Balaban J connectivity index is 1.73. The maximum atomic E-state index is 4.37. The molecule has 1 aromatic rings. The highest BCUT2D eigenvalue weighted by atomic mass is 14.9. The zero-order valence-electron chi connectivity index (χ0n) is 10.2. The molecule has 1 aliphatic rings. The van der Waals surface area contributed by atoms with Gasteiger partial charge in [-0.15, -0.1) is 0 Å². The zero-order valence-corrected chi connectivity index (χ0v) is 10.2. The van der Waals surface area contributed by atoms with Crippen LogP contribution < -0.4 is 5.32 Å². The SMILES string of the molecule is CNC(CCc1ccccn1)CC1CCC1. The standard InChI is InChI=1S/C14H22N2/c1-15-14(11-12-5-4-6-12)9-8-13-7-2-3-10-16-13/h2-3,7,10,12,14-15H,4-6,8-9,11H2,1H3. The van der Waals surface area contributed by atoms with Crippen molar-refractivity contribution < 1.29 is 0 Å². The van der Waals surface area contributed by atoms with Crippen molar-refractivity contribution in [1.29, 1.82) is 0 Å². The topological polar surface area (TPSA) is 24.9 Å². The minimum atomic E-state index is 0.673. The molecule has 1 aliphatic carbocycles. The van der Waals surface area contributed by atoms with Crippen LogP contribution in [0.25, 0.3) is 0 Å². The molecular weight excluding hydrogens is 196 g/mol. The molecule has 88 valence electrons. The lowest BCUT2D eigenvalue weighted by Crippen LogP contribution is -2.30. The van der Waals surface area contributed by atoms with Gasteiger partial charge in [-0.05, 0) is 44.4 Å². The van der Waals surface area contributed by atoms with Crippen LogP contribution in [0.15, 0.2) is 24.4 Å². The van der Waals surface area contributed by atoms with E-state index in [2.05, 4.69) is 29.5 Å². The van der Waals surface area contributed by atoms with Crippen molar-refractivity contribution in [1.82, 2.24) is 10.3 Å². The molecule has 1 fully saturated rings. The van der Waals surface area contributed by atoms with Gasteiger partial charge in [0.15, 0.2) is 0 Å². The highest BCUT2D eigenvalue weighted by Gasteiger charge is 2.21. The lowest BCUT2D eigenvalue weighted by molar-refractivity contribution is 0.259. The summed E-state index contributed by atoms with van der Waals surface area (Å²) in [5.41, 5.74) is 1.22. The van der Waals surface area contributed by atoms with Crippen molar-refractivity contribution in [3.63, 3.8) is 0 Å². The van der Waals surface area contributed by atoms with Crippen LogP contribution in [-0.4, -0.2) is 18.1 Å². The molecule has 1 atom stereocenters. The summed E-state index contributed by atoms with van der Waals surface area (Å²) in [6.45, 7) is 0. The number of pyridine rings is 1. The molecule has 0 amide bonds. The summed E-state index contributed by atoms with van der Waals surface area (Å²) in [5, 5.41) is 3.44. The van der Waals surface area contributed by atoms with Crippen molar-refractivity contribution in [2.75, 3.05) is 7.05 Å². The fourth-order valence-electron chi connectivity index (χ4n) is 2.38. The fourth-order valence-corrected chi connectivity index (χ4v) is 2.38. The number of hydrogen-bond acceptors (Lipinski definition) is 2. The Hall–Kier alpha value is -0.890. The lowest BCUT2D eigenvalue weighted by atomic mass is 9.80. The van der Waals surface area contributed by atoms with Crippen molar-refractivity contribution in [2.45, 2.75) is 44.6 Å². The molecule has 0 saturated heterocycles. The van der Waals surface area contributed by atoms with E-state index in [1.165, 1.54) is 37.8 Å². The first-order valence-corrected chi connectivity index (χ1v) is 6.45. The molecule has 1 heterocycles. The smallest absolute Gasteiger partial charge is 0.0404 e. The summed E-state index contributed by atoms with van der Waals surface area (Å²) in [5.74, 6) is 0.987. The number of hydrogen-bond donors (Lipinski definition) is 1. The normalized spacial score (nSPS) is 18.1. The van der Waals surface area contributed by atoms with E-state index in [4.69, 9.17) is 0 Å². The Bertz CT molecular complexity index is 293. The van der Waals surface area contributed by atoms with Crippen molar-refractivity contribution in [3.8, 4) is 0 Å². The van der Waals surface area contributed by atoms with Gasteiger partial charge in [-0.3, -0.25) is 4.98 Å². The van der Waals surface area contributed by atoms with Gasteiger partial charge in [0, 0.05) is 17.9 Å². The Morgan fingerprint density at radius 2 is 2.31 bits per heavy atom. The van der Waals surface area contributed by atoms with Crippen LogP contribution in [0.2, 0.25) is 0 Å². The van der Waals surface area contributed by atoms with E-state index >= 15 is 0 Å². The average Bonchev–Trinajstić information content (AvgIpc) is 2.28. The molecule has 16 heavy (non-hydrogen) atoms. The quantitative estimate of drug-likeness (QED) is 0.794. The first kappa shape index (κ1) is 11.6. The third-order valence-corrected chi connectivity index (χ3v) is 3.73. The van der Waals surface area contributed by atoms with Gasteiger partial charge in [-0.1, -0.05) is 25.3 Å². The molecule has 0 aromatic carbocycles. The molecule has 0 radical (unpaired) electrons. The molecule has 1 saturated carbocycles. The Morgan fingerprint density at radius 1 is 1.44 bits per heavy atom. The first-order valence-electron chi connectivity index (χ1n) is 6.45. The minimum absolute atomic E-state index is 0.673. The molecule has 2 heteroatoms. The van der Waals surface area contributed by atoms with Crippen LogP contribution in [0.1, 0.15) is 37.8 Å². The maximum absolute atomic E-state index is 4.37. The summed E-state index contributed by atoms with van der Waals surface area (Å²) in [7, 11) is 2.09. The molecule has 1 N–H and O–H groups in total. The lowest BCUT2D eigenvalue weighted by Gasteiger charge is -2.29. The second-order valence-corrected chi connectivity index (χ2v) is 4.88. The maximum Gasteiger partial charge on any atom is 0.0404 e. The number of nitrogens with zero attached hydrogens (tertiary/aromatic N) is 1. The van der Waals surface area contributed by atoms with Gasteiger partial charge in [0.25, 0.3) is 0 Å². The summed E-state index contributed by atoms with van der Waals surface area (Å²) < 4.78 is 0. The summed E-state index contributed by atoms with van der Waals surface area (Å²) in [6.07, 6.45) is 9.88. The highest BCUT2D eigenvalue weighted by molar-refractivity contribution is 5.03. The molecule has 2 nitrogen and oxygen atoms in total. The van der Waals surface area contributed by atoms with E-state index in [-0.39, 0.29) is 0 Å². The fraction of sp³-hybridized carbons (Fsp3) is 0.643. The first-order chi connectivity index (χ1) is 7.88. The molecule has 2 rings (SSSR count). The Kier molecular flexibility index (Phi) is 4.34. The van der Waals surface area contributed by atoms with Gasteiger partial charge in [-0.2, -0.15) is 0 Å². The van der Waals surface area contributed by atoms with Crippen LogP contribution in [0, 0.1) is 5.92 Å². The van der Waals surface area contributed by atoms with Crippen LogP contribution >= 0.6 is 0 Å². The van der Waals surface area contributed by atoms with E-state index in [0.29, 0.717) is 6.04 Å². The largest absolute Gasteiger partial charge is 0.317 e. The molecule has 1 unspecified atom stereocenters. The summed E-state index contributed by atoms with van der Waals surface area (Å²) in [6, 6.07) is 6.85. The monoisotopic (exact) mass is 218 g/mol. The number of aromatic nitrogens is 1. The van der Waals surface area contributed by atoms with E-state index in [1.54, 1.807) is 0 Å². The Morgan fingerprint density at radius 3 is 2.88 bits per heavy atom. The van der Waals surface area contributed by atoms with Crippen molar-refractivity contribution in [3.05, 3.63) is 30.1 Å². The molecular formula is C14H22N2. The molecule has 0 bridgehead atoms. The number of aryl methyl sites for hydroxylation is 1. The molecule has 1 aromatic heterocycles. The number of nitrogens with one attached hydrogen (secondary N) is 1. The third kappa shape index (κ3) is 3.31. The minimum Gasteiger partial charge on any atom is -0.317 e. The third-order valence-electron chi connectivity index (χ3n) is 3.73. The van der Waals surface area contributed by atoms with Gasteiger partial charge in [0.05, 0.1) is 0 Å². The van der Waals surface area contributed by atoms with E-state index in [9.17, 15) is 0 Å². The van der Waals surface area contributed by atoms with Gasteiger partial charge >= 0.3 is 0 Å². The average molecular weight is 218 g/mol. The van der Waals surface area contributed by atoms with Gasteiger partial charge in [-0.25, -0.2) is 0 Å². The van der Waals surface area contributed by atoms with E-state index in [1.807, 2.05) is 12.3 Å². The summed E-state index contributed by atoms with van der Waals surface area (Å²) in [4.78, 5) is 4.37. The van der Waals surface area contributed by atoms with Crippen LogP contribution in [0.3, 0.4) is 0 Å². The zero-order chi connectivity index (χ0) is 11.2. The predicted octanol–water partition coefficient (Wildman–Crippen LogP) is 2.79. The van der Waals surface area contributed by atoms with Crippen LogP contribution in [-0.2, 0) is 6.42 Å². The second kappa shape index (κ2) is 6.00. The van der Waals surface area contributed by atoms with Gasteiger partial charge in [0.1, 0.15) is 0 Å². The van der Waals surface area contributed by atoms with Crippen LogP contribution in [0.4, 0.5) is 0 Å². The highest BCUT2D eigenvalue weighted by Crippen LogP contribution is 2.31. The second-order valence-electron chi connectivity index (χ2n) is 4.88. The van der Waals surface area contributed by atoms with Gasteiger partial charge in [0.2, 0.25) is 0 Å². The van der Waals surface area contributed by atoms with Crippen LogP contribution in [0.5, 0.6) is 0 Å². The van der Waals surface area contributed by atoms with E-state index in [0.717, 1.165) is 12.3 Å². The van der Waals surface area contributed by atoms with Gasteiger partial charge < -0.3 is 5.32 Å².